The second-order valence-electron chi connectivity index (χ2n) is 13.5. The Balaban J connectivity index is 0.000000440. The molecule has 0 aliphatic carbocycles. The van der Waals surface area contributed by atoms with Gasteiger partial charge in [0.1, 0.15) is 33.6 Å². The first kappa shape index (κ1) is 54.6. The van der Waals surface area contributed by atoms with Crippen molar-refractivity contribution < 1.29 is 76.8 Å². The fraction of sp³-hybridized carbons (Fsp3) is 0.214. The van der Waals surface area contributed by atoms with Crippen LogP contribution in [0.25, 0.3) is 0 Å². The van der Waals surface area contributed by atoms with Gasteiger partial charge in [-0.25, -0.2) is 29.9 Å². The summed E-state index contributed by atoms with van der Waals surface area (Å²) in [6.45, 7) is 3.78. The minimum Gasteiger partial charge on any atom is -1.00 e. The van der Waals surface area contributed by atoms with Gasteiger partial charge in [0.05, 0.1) is 41.0 Å². The Morgan fingerprint density at radius 3 is 1.55 bits per heavy atom. The number of anilines is 6. The van der Waals surface area contributed by atoms with Crippen LogP contribution in [0, 0.1) is 0 Å². The number of nitrogens with one attached hydrogen (secondary N) is 4. The Kier molecular flexibility index (Phi) is 20.5. The van der Waals surface area contributed by atoms with Crippen LogP contribution in [-0.4, -0.2) is 61.0 Å². The average Bonchev–Trinajstić information content (AvgIpc) is 3.25. The van der Waals surface area contributed by atoms with E-state index in [2.05, 4.69) is 51.2 Å². The molecule has 0 bridgehead atoms. The number of aliphatic hydroxyl groups excluding tert-OH is 1. The van der Waals surface area contributed by atoms with E-state index in [0.29, 0.717) is 36.5 Å². The van der Waals surface area contributed by atoms with Crippen molar-refractivity contribution in [2.45, 2.75) is 58.0 Å². The molecular formula is C42H37BCl2F6N10NaO4. The third-order valence-electron chi connectivity index (χ3n) is 8.71. The average molecular weight is 965 g/mol. The number of rotatable bonds is 14. The van der Waals surface area contributed by atoms with Gasteiger partial charge in [-0.1, -0.05) is 43.5 Å². The van der Waals surface area contributed by atoms with E-state index in [-0.39, 0.29) is 108 Å². The van der Waals surface area contributed by atoms with Gasteiger partial charge in [-0.15, -0.1) is 0 Å². The van der Waals surface area contributed by atoms with E-state index in [0.717, 1.165) is 30.7 Å². The van der Waals surface area contributed by atoms with Crippen LogP contribution in [0.4, 0.5) is 61.0 Å². The molecule has 6 heterocycles. The standard InChI is InChI=1S/C21H19ClF3N5O2.C21H17ClF3N5O2.B.Na.H/c2*1-2-3-16(31)14-9-17(22)27-11-15(14)29-20(32)12-6-7-26-19(8-12)30-18-5-4-13(10-28-18)21(23,24)25;;;/h4-11,16,31H,2-3H2,1H3,(H,29,32)(H,26,28,30);4-11H,2-3H2,1H3,(H,29,32)(H,26,28,30);;;/q;;;+1;-1. The van der Waals surface area contributed by atoms with Crippen LogP contribution in [0.2, 0.25) is 10.3 Å². The zero-order valence-corrected chi connectivity index (χ0v) is 38.6. The van der Waals surface area contributed by atoms with Crippen LogP contribution >= 0.6 is 23.2 Å². The molecule has 5 N–H and O–H groups in total. The number of aliphatic hydroxyl groups is 1. The summed E-state index contributed by atoms with van der Waals surface area (Å²) in [6, 6.07) is 12.7. The van der Waals surface area contributed by atoms with Gasteiger partial charge in [-0.05, 0) is 73.5 Å². The van der Waals surface area contributed by atoms with Gasteiger partial charge in [0.2, 0.25) is 0 Å². The molecule has 3 radical (unpaired) electrons. The molecule has 1 atom stereocenters. The molecule has 14 nitrogen and oxygen atoms in total. The quantitative estimate of drug-likeness (QED) is 0.0310. The molecule has 66 heavy (non-hydrogen) atoms. The molecule has 24 heteroatoms. The fourth-order valence-corrected chi connectivity index (χ4v) is 5.90. The second-order valence-corrected chi connectivity index (χ2v) is 14.3. The van der Waals surface area contributed by atoms with Crippen LogP contribution in [0.3, 0.4) is 0 Å². The van der Waals surface area contributed by atoms with E-state index in [9.17, 15) is 45.8 Å². The number of Topliss-reactive ketones (excluding diaryl/α,β-unsaturated/α-hetero) is 1. The third-order valence-corrected chi connectivity index (χ3v) is 9.12. The summed E-state index contributed by atoms with van der Waals surface area (Å²) in [7, 11) is 0. The third kappa shape index (κ3) is 15.7. The van der Waals surface area contributed by atoms with Crippen molar-refractivity contribution in [1.29, 1.82) is 0 Å². The molecule has 6 aromatic rings. The van der Waals surface area contributed by atoms with E-state index in [1.807, 2.05) is 13.8 Å². The van der Waals surface area contributed by atoms with E-state index in [1.165, 1.54) is 61.2 Å². The zero-order valence-electron chi connectivity index (χ0n) is 36.1. The van der Waals surface area contributed by atoms with Crippen molar-refractivity contribution in [3.63, 3.8) is 0 Å². The van der Waals surface area contributed by atoms with Crippen molar-refractivity contribution >= 4 is 83.9 Å². The summed E-state index contributed by atoms with van der Waals surface area (Å²) in [4.78, 5) is 61.2. The van der Waals surface area contributed by atoms with Crippen molar-refractivity contribution in [2.75, 3.05) is 21.3 Å². The van der Waals surface area contributed by atoms with Gasteiger partial charge in [-0.2, -0.15) is 26.3 Å². The second kappa shape index (κ2) is 24.7. The summed E-state index contributed by atoms with van der Waals surface area (Å²) < 4.78 is 76.0. The maximum Gasteiger partial charge on any atom is 1.00 e. The molecule has 0 aliphatic rings. The first-order valence-electron chi connectivity index (χ1n) is 19.0. The normalized spacial score (nSPS) is 11.4. The monoisotopic (exact) mass is 963 g/mol. The Hall–Kier alpha value is -5.71. The molecule has 0 saturated heterocycles. The minimum atomic E-state index is -4.49. The van der Waals surface area contributed by atoms with Gasteiger partial charge >= 0.3 is 41.9 Å². The topological polar surface area (TPSA) is 197 Å². The molecule has 0 aromatic carbocycles. The van der Waals surface area contributed by atoms with Crippen molar-refractivity contribution in [2.24, 2.45) is 0 Å². The van der Waals surface area contributed by atoms with Crippen LogP contribution in [0.5, 0.6) is 0 Å². The Labute approximate surface area is 409 Å². The molecular weight excluding hydrogens is 927 g/mol. The molecule has 1 unspecified atom stereocenters. The Morgan fingerprint density at radius 2 is 1.11 bits per heavy atom. The molecule has 2 amide bonds. The van der Waals surface area contributed by atoms with Crippen molar-refractivity contribution in [3.8, 4) is 0 Å². The van der Waals surface area contributed by atoms with Crippen molar-refractivity contribution in [3.05, 3.63) is 142 Å². The van der Waals surface area contributed by atoms with Crippen LogP contribution in [0.1, 0.15) is 94.8 Å². The van der Waals surface area contributed by atoms with E-state index >= 15 is 0 Å². The number of amides is 2. The summed E-state index contributed by atoms with van der Waals surface area (Å²) in [5.74, 6) is -0.549. The minimum absolute atomic E-state index is 0. The fourth-order valence-electron chi connectivity index (χ4n) is 5.58. The van der Waals surface area contributed by atoms with Crippen molar-refractivity contribution in [1.82, 2.24) is 29.9 Å². The predicted molar refractivity (Wildman–Crippen MR) is 234 cm³/mol. The zero-order chi connectivity index (χ0) is 46.6. The van der Waals surface area contributed by atoms with E-state index < -0.39 is 41.4 Å². The number of alkyl halides is 6. The summed E-state index contributed by atoms with van der Waals surface area (Å²) >= 11 is 11.8. The Bertz CT molecular complexity index is 2610. The van der Waals surface area contributed by atoms with E-state index in [4.69, 9.17) is 23.2 Å². The smallest absolute Gasteiger partial charge is 1.00 e. The molecule has 6 aromatic heterocycles. The molecule has 6 rings (SSSR count). The van der Waals surface area contributed by atoms with Crippen LogP contribution in [-0.2, 0) is 12.4 Å². The molecule has 0 fully saturated rings. The predicted octanol–water partition coefficient (Wildman–Crippen LogP) is 7.63. The number of pyridine rings is 6. The van der Waals surface area contributed by atoms with Gasteiger partial charge in [0.25, 0.3) is 11.8 Å². The molecule has 0 spiro atoms. The summed E-state index contributed by atoms with van der Waals surface area (Å²) in [5, 5.41) is 21.5. The van der Waals surface area contributed by atoms with Gasteiger partial charge < -0.3 is 27.8 Å². The number of carbonyl (C=O) groups is 3. The largest absolute Gasteiger partial charge is 1.00 e. The van der Waals surface area contributed by atoms with Gasteiger partial charge in [0.15, 0.2) is 5.78 Å². The number of halogens is 8. The first-order valence-corrected chi connectivity index (χ1v) is 19.8. The van der Waals surface area contributed by atoms with Crippen LogP contribution < -0.4 is 50.8 Å². The summed E-state index contributed by atoms with van der Waals surface area (Å²) in [5.41, 5.74) is -0.109. The number of nitrogens with zero attached hydrogens (tertiary/aromatic N) is 6. The number of aromatic nitrogens is 6. The molecule has 0 aliphatic heterocycles. The Morgan fingerprint density at radius 1 is 0.636 bits per heavy atom. The number of ketones is 1. The molecule has 0 saturated carbocycles. The van der Waals surface area contributed by atoms with Gasteiger partial charge in [-0.3, -0.25) is 14.4 Å². The summed E-state index contributed by atoms with van der Waals surface area (Å²) in [6.07, 6.45) is -0.894. The maximum atomic E-state index is 12.7. The van der Waals surface area contributed by atoms with Crippen LogP contribution in [0.15, 0.2) is 97.8 Å². The number of carbonyl (C=O) groups excluding carboxylic acids is 3. The van der Waals surface area contributed by atoms with Gasteiger partial charge in [0, 0.05) is 61.9 Å². The SMILES string of the molecule is CCCC(=O)c1cc(Cl)ncc1NC(=O)c1ccnc(Nc2ccc(C(F)(F)F)cn2)c1.CCCC(O)c1cc(Cl)ncc1NC(=O)c1ccnc(Nc2ccc(C(F)(F)F)cn2)c1.[B].[H-].[Na+]. The maximum absolute atomic E-state index is 12.7. The first-order chi connectivity index (χ1) is 30.3. The number of hydrogen-bond acceptors (Lipinski definition) is 12. The number of hydrogen-bond donors (Lipinski definition) is 5. The van der Waals surface area contributed by atoms with E-state index in [1.54, 1.807) is 0 Å². The molecule has 339 valence electrons.